The van der Waals surface area contributed by atoms with E-state index in [4.69, 9.17) is 11.6 Å². The van der Waals surface area contributed by atoms with Gasteiger partial charge in [-0.2, -0.15) is 0 Å². The van der Waals surface area contributed by atoms with Gasteiger partial charge in [-0.05, 0) is 42.4 Å². The van der Waals surface area contributed by atoms with Gasteiger partial charge in [0.15, 0.2) is 0 Å². The highest BCUT2D eigenvalue weighted by molar-refractivity contribution is 6.30. The molecular formula is C16H18ClN3O. The summed E-state index contributed by atoms with van der Waals surface area (Å²) >= 11 is 5.88. The molecule has 2 aromatic rings. The molecule has 110 valence electrons. The molecule has 0 saturated heterocycles. The van der Waals surface area contributed by atoms with Crippen molar-refractivity contribution in [3.05, 3.63) is 59.1 Å². The van der Waals surface area contributed by atoms with Crippen LogP contribution in [0.2, 0.25) is 5.02 Å². The maximum atomic E-state index is 11.9. The van der Waals surface area contributed by atoms with Crippen LogP contribution in [-0.2, 0) is 6.54 Å². The lowest BCUT2D eigenvalue weighted by molar-refractivity contribution is 0.262. The number of nitrogens with one attached hydrogen (secondary N) is 3. The summed E-state index contributed by atoms with van der Waals surface area (Å²) in [6, 6.07) is 14.5. The largest absolute Gasteiger partial charge is 0.323 e. The van der Waals surface area contributed by atoms with Crippen LogP contribution in [0.5, 0.6) is 0 Å². The molecule has 0 atom stereocenters. The third-order valence-electron chi connectivity index (χ3n) is 2.85. The minimum Gasteiger partial charge on any atom is -0.313 e. The van der Waals surface area contributed by atoms with E-state index in [1.54, 1.807) is 24.3 Å². The number of urea groups is 1. The Morgan fingerprint density at radius 1 is 1.05 bits per heavy atom. The second-order valence-electron chi connectivity index (χ2n) is 4.57. The number of hydrogen-bond donors (Lipinski definition) is 3. The summed E-state index contributed by atoms with van der Waals surface area (Å²) in [5.74, 6) is 0. The molecule has 0 bridgehead atoms. The fraction of sp³-hybridized carbons (Fsp3) is 0.188. The second-order valence-corrected chi connectivity index (χ2v) is 5.01. The molecule has 0 aliphatic rings. The van der Waals surface area contributed by atoms with E-state index in [9.17, 15) is 4.79 Å². The average molecular weight is 304 g/mol. The van der Waals surface area contributed by atoms with E-state index in [0.717, 1.165) is 24.3 Å². The van der Waals surface area contributed by atoms with Crippen LogP contribution in [0.3, 0.4) is 0 Å². The van der Waals surface area contributed by atoms with Gasteiger partial charge in [-0.3, -0.25) is 0 Å². The first-order chi connectivity index (χ1) is 10.2. The van der Waals surface area contributed by atoms with Crippen LogP contribution in [0.15, 0.2) is 48.5 Å². The maximum absolute atomic E-state index is 11.9. The normalized spacial score (nSPS) is 10.2. The van der Waals surface area contributed by atoms with Crippen molar-refractivity contribution in [2.75, 3.05) is 17.2 Å². The van der Waals surface area contributed by atoms with Crippen molar-refractivity contribution >= 4 is 29.0 Å². The van der Waals surface area contributed by atoms with E-state index in [2.05, 4.69) is 22.9 Å². The number of carbonyl (C=O) groups is 1. The van der Waals surface area contributed by atoms with E-state index in [0.29, 0.717) is 10.7 Å². The number of benzene rings is 2. The lowest BCUT2D eigenvalue weighted by atomic mass is 10.2. The molecule has 0 fully saturated rings. The third kappa shape index (κ3) is 5.10. The van der Waals surface area contributed by atoms with Crippen LogP contribution in [0.1, 0.15) is 12.5 Å². The highest BCUT2D eigenvalue weighted by Crippen LogP contribution is 2.16. The van der Waals surface area contributed by atoms with Crippen molar-refractivity contribution in [2.24, 2.45) is 0 Å². The lowest BCUT2D eigenvalue weighted by Gasteiger charge is -2.09. The molecule has 0 aliphatic carbocycles. The van der Waals surface area contributed by atoms with Crippen LogP contribution < -0.4 is 16.0 Å². The molecule has 2 amide bonds. The Kier molecular flexibility index (Phi) is 5.60. The zero-order valence-corrected chi connectivity index (χ0v) is 12.6. The summed E-state index contributed by atoms with van der Waals surface area (Å²) in [4.78, 5) is 11.9. The first kappa shape index (κ1) is 15.4. The van der Waals surface area contributed by atoms with Gasteiger partial charge in [0.2, 0.25) is 0 Å². The molecule has 0 saturated carbocycles. The molecule has 0 aromatic heterocycles. The zero-order valence-electron chi connectivity index (χ0n) is 11.8. The van der Waals surface area contributed by atoms with Gasteiger partial charge < -0.3 is 16.0 Å². The minimum atomic E-state index is -0.294. The van der Waals surface area contributed by atoms with Crippen LogP contribution in [0, 0.1) is 0 Å². The van der Waals surface area contributed by atoms with E-state index in [1.165, 1.54) is 0 Å². The maximum Gasteiger partial charge on any atom is 0.323 e. The summed E-state index contributed by atoms with van der Waals surface area (Å²) in [7, 11) is 0. The van der Waals surface area contributed by atoms with Gasteiger partial charge >= 0.3 is 6.03 Å². The van der Waals surface area contributed by atoms with Crippen molar-refractivity contribution in [1.82, 2.24) is 5.32 Å². The van der Waals surface area contributed by atoms with Crippen LogP contribution >= 0.6 is 11.6 Å². The summed E-state index contributed by atoms with van der Waals surface area (Å²) in [5.41, 5.74) is 2.53. The van der Waals surface area contributed by atoms with Gasteiger partial charge in [-0.15, -0.1) is 0 Å². The zero-order chi connectivity index (χ0) is 15.1. The van der Waals surface area contributed by atoms with Crippen molar-refractivity contribution in [3.63, 3.8) is 0 Å². The summed E-state index contributed by atoms with van der Waals surface area (Å²) in [5, 5.41) is 9.38. The standard InChI is InChI=1S/C16H18ClN3O/c1-2-18-11-12-5-3-7-14(9-12)19-16(21)20-15-8-4-6-13(17)10-15/h3-10,18H,2,11H2,1H3,(H2,19,20,21). The Hall–Kier alpha value is -2.04. The Morgan fingerprint density at radius 2 is 1.71 bits per heavy atom. The molecule has 0 heterocycles. The van der Waals surface area contributed by atoms with Crippen LogP contribution in [0.25, 0.3) is 0 Å². The van der Waals surface area contributed by atoms with Crippen LogP contribution in [0.4, 0.5) is 16.2 Å². The highest BCUT2D eigenvalue weighted by atomic mass is 35.5. The monoisotopic (exact) mass is 303 g/mol. The number of anilines is 2. The smallest absolute Gasteiger partial charge is 0.313 e. The number of halogens is 1. The molecule has 3 N–H and O–H groups in total. The molecule has 0 spiro atoms. The van der Waals surface area contributed by atoms with Gasteiger partial charge in [0.25, 0.3) is 0 Å². The molecule has 2 aromatic carbocycles. The SMILES string of the molecule is CCNCc1cccc(NC(=O)Nc2cccc(Cl)c2)c1. The fourth-order valence-corrected chi connectivity index (χ4v) is 2.08. The van der Waals surface area contributed by atoms with Crippen molar-refractivity contribution < 1.29 is 4.79 Å². The lowest BCUT2D eigenvalue weighted by Crippen LogP contribution is -2.19. The molecule has 0 aliphatic heterocycles. The predicted molar refractivity (Wildman–Crippen MR) is 87.9 cm³/mol. The van der Waals surface area contributed by atoms with E-state index in [-0.39, 0.29) is 6.03 Å². The van der Waals surface area contributed by atoms with Crippen molar-refractivity contribution in [2.45, 2.75) is 13.5 Å². The number of rotatable bonds is 5. The van der Waals surface area contributed by atoms with Crippen LogP contribution in [-0.4, -0.2) is 12.6 Å². The summed E-state index contributed by atoms with van der Waals surface area (Å²) in [6.45, 7) is 3.75. The Labute approximate surface area is 129 Å². The molecule has 2 rings (SSSR count). The molecule has 5 heteroatoms. The van der Waals surface area contributed by atoms with E-state index >= 15 is 0 Å². The van der Waals surface area contributed by atoms with Gasteiger partial charge in [-0.1, -0.05) is 36.7 Å². The topological polar surface area (TPSA) is 53.2 Å². The number of hydrogen-bond acceptors (Lipinski definition) is 2. The van der Waals surface area contributed by atoms with Gasteiger partial charge in [0.1, 0.15) is 0 Å². The Morgan fingerprint density at radius 3 is 2.38 bits per heavy atom. The third-order valence-corrected chi connectivity index (χ3v) is 3.08. The Bertz CT molecular complexity index is 616. The molecule has 0 radical (unpaired) electrons. The van der Waals surface area contributed by atoms with E-state index < -0.39 is 0 Å². The Balaban J connectivity index is 1.96. The number of amides is 2. The van der Waals surface area contributed by atoms with Gasteiger partial charge in [-0.25, -0.2) is 4.79 Å². The van der Waals surface area contributed by atoms with Gasteiger partial charge in [0.05, 0.1) is 0 Å². The second kappa shape index (κ2) is 7.67. The minimum absolute atomic E-state index is 0.294. The highest BCUT2D eigenvalue weighted by Gasteiger charge is 2.03. The first-order valence-electron chi connectivity index (χ1n) is 6.80. The molecular weight excluding hydrogens is 286 g/mol. The molecule has 4 nitrogen and oxygen atoms in total. The van der Waals surface area contributed by atoms with Gasteiger partial charge in [0, 0.05) is 22.9 Å². The van der Waals surface area contributed by atoms with Crippen molar-refractivity contribution in [3.8, 4) is 0 Å². The summed E-state index contributed by atoms with van der Waals surface area (Å²) < 4.78 is 0. The first-order valence-corrected chi connectivity index (χ1v) is 7.18. The average Bonchev–Trinajstić information content (AvgIpc) is 2.45. The quantitative estimate of drug-likeness (QED) is 0.779. The predicted octanol–water partition coefficient (Wildman–Crippen LogP) is 4.09. The molecule has 0 unspecified atom stereocenters. The number of carbonyl (C=O) groups excluding carboxylic acids is 1. The molecule has 21 heavy (non-hydrogen) atoms. The summed E-state index contributed by atoms with van der Waals surface area (Å²) in [6.07, 6.45) is 0. The van der Waals surface area contributed by atoms with Crippen molar-refractivity contribution in [1.29, 1.82) is 0 Å². The fourth-order valence-electron chi connectivity index (χ4n) is 1.89. The van der Waals surface area contributed by atoms with E-state index in [1.807, 2.05) is 24.3 Å².